The molecule has 114 valence electrons. The fraction of sp³-hybridized carbons (Fsp3) is 0.333. The molecule has 0 saturated heterocycles. The molecule has 2 N–H and O–H groups in total. The first-order valence-electron chi connectivity index (χ1n) is 6.72. The highest BCUT2D eigenvalue weighted by Crippen LogP contribution is 2.12. The Bertz CT molecular complexity index is 590. The number of aryl methyl sites for hydroxylation is 2. The summed E-state index contributed by atoms with van der Waals surface area (Å²) in [5, 5.41) is 10.3. The number of carbonyl (C=O) groups excluding carboxylic acids is 1. The van der Waals surface area contributed by atoms with Gasteiger partial charge in [0, 0.05) is 25.0 Å². The van der Waals surface area contributed by atoms with Gasteiger partial charge in [-0.3, -0.25) is 9.48 Å². The van der Waals surface area contributed by atoms with Gasteiger partial charge in [0.1, 0.15) is 0 Å². The largest absolute Gasteiger partial charge is 0.321 e. The highest BCUT2D eigenvalue weighted by atomic mass is 35.5. The Kier molecular flexibility index (Phi) is 6.39. The van der Waals surface area contributed by atoms with Crippen LogP contribution in [0.3, 0.4) is 0 Å². The molecule has 21 heavy (non-hydrogen) atoms. The van der Waals surface area contributed by atoms with Crippen molar-refractivity contribution in [2.75, 3.05) is 11.9 Å². The highest BCUT2D eigenvalue weighted by Gasteiger charge is 2.11. The third-order valence-electron chi connectivity index (χ3n) is 3.11. The Morgan fingerprint density at radius 3 is 2.71 bits per heavy atom. The number of carbonyl (C=O) groups is 1. The molecule has 0 aliphatic heterocycles. The van der Waals surface area contributed by atoms with Crippen LogP contribution in [0.15, 0.2) is 30.3 Å². The van der Waals surface area contributed by atoms with Crippen LogP contribution in [0.2, 0.25) is 0 Å². The number of anilines is 1. The minimum Gasteiger partial charge on any atom is -0.321 e. The van der Waals surface area contributed by atoms with Gasteiger partial charge >= 0.3 is 0 Å². The van der Waals surface area contributed by atoms with E-state index < -0.39 is 0 Å². The van der Waals surface area contributed by atoms with Crippen LogP contribution in [-0.2, 0) is 13.6 Å². The molecule has 0 saturated carbocycles. The van der Waals surface area contributed by atoms with Crippen LogP contribution in [0.5, 0.6) is 0 Å². The van der Waals surface area contributed by atoms with Gasteiger partial charge in [-0.25, -0.2) is 0 Å². The number of benzene rings is 1. The van der Waals surface area contributed by atoms with Gasteiger partial charge in [-0.15, -0.1) is 12.4 Å². The number of aromatic nitrogens is 2. The first-order valence-corrected chi connectivity index (χ1v) is 6.72. The summed E-state index contributed by atoms with van der Waals surface area (Å²) in [7, 11) is 1.82. The minimum absolute atomic E-state index is 0. The van der Waals surface area contributed by atoms with E-state index in [1.807, 2.05) is 38.2 Å². The maximum Gasteiger partial charge on any atom is 0.276 e. The molecule has 2 aromatic rings. The van der Waals surface area contributed by atoms with Crippen molar-refractivity contribution < 1.29 is 4.79 Å². The topological polar surface area (TPSA) is 58.9 Å². The molecule has 0 bridgehead atoms. The normalized spacial score (nSPS) is 10.0. The monoisotopic (exact) mass is 308 g/mol. The summed E-state index contributed by atoms with van der Waals surface area (Å²) in [5.74, 6) is -0.186. The molecule has 0 fully saturated rings. The number of hydrogen-bond acceptors (Lipinski definition) is 3. The van der Waals surface area contributed by atoms with Crippen molar-refractivity contribution in [1.82, 2.24) is 15.1 Å². The molecule has 0 aliphatic rings. The summed E-state index contributed by atoms with van der Waals surface area (Å²) in [6.45, 7) is 5.70. The van der Waals surface area contributed by atoms with Gasteiger partial charge < -0.3 is 10.6 Å². The molecule has 0 atom stereocenters. The quantitative estimate of drug-likeness (QED) is 0.892. The fourth-order valence-electron chi connectivity index (χ4n) is 1.90. The van der Waals surface area contributed by atoms with E-state index >= 15 is 0 Å². The molecule has 2 rings (SSSR count). The van der Waals surface area contributed by atoms with Crippen molar-refractivity contribution in [3.05, 3.63) is 47.3 Å². The summed E-state index contributed by atoms with van der Waals surface area (Å²) >= 11 is 0. The molecule has 5 nitrogen and oxygen atoms in total. The third kappa shape index (κ3) is 4.58. The number of rotatable bonds is 5. The molecule has 1 aromatic heterocycles. The maximum atomic E-state index is 12.1. The van der Waals surface area contributed by atoms with E-state index in [0.29, 0.717) is 5.69 Å². The van der Waals surface area contributed by atoms with Crippen molar-refractivity contribution in [3.8, 4) is 0 Å². The standard InChI is InChI=1S/C15H20N4O.ClH/c1-4-16-10-12-6-5-7-13(9-12)17-15(20)14-8-11(2)19(3)18-14;/h5-9,16H,4,10H2,1-3H3,(H,17,20);1H. The summed E-state index contributed by atoms with van der Waals surface area (Å²) < 4.78 is 1.69. The zero-order valence-electron chi connectivity index (χ0n) is 12.5. The lowest BCUT2D eigenvalue weighted by atomic mass is 10.2. The molecule has 0 unspecified atom stereocenters. The van der Waals surface area contributed by atoms with E-state index in [9.17, 15) is 4.79 Å². The predicted octanol–water partition coefficient (Wildman–Crippen LogP) is 2.51. The van der Waals surface area contributed by atoms with Crippen LogP contribution in [0.25, 0.3) is 0 Å². The van der Waals surface area contributed by atoms with E-state index in [-0.39, 0.29) is 18.3 Å². The van der Waals surface area contributed by atoms with Crippen molar-refractivity contribution in [3.63, 3.8) is 0 Å². The van der Waals surface area contributed by atoms with Crippen molar-refractivity contribution in [1.29, 1.82) is 0 Å². The van der Waals surface area contributed by atoms with E-state index in [1.165, 1.54) is 0 Å². The Balaban J connectivity index is 0.00000220. The molecule has 0 spiro atoms. The van der Waals surface area contributed by atoms with Gasteiger partial charge in [-0.2, -0.15) is 5.10 Å². The minimum atomic E-state index is -0.186. The summed E-state index contributed by atoms with van der Waals surface area (Å²) in [6.07, 6.45) is 0. The second-order valence-corrected chi connectivity index (χ2v) is 4.73. The first-order chi connectivity index (χ1) is 9.60. The molecule has 1 amide bonds. The van der Waals surface area contributed by atoms with Crippen LogP contribution in [0.1, 0.15) is 28.7 Å². The number of hydrogen-bond donors (Lipinski definition) is 2. The summed E-state index contributed by atoms with van der Waals surface area (Å²) in [5.41, 5.74) is 3.31. The SMILES string of the molecule is CCNCc1cccc(NC(=O)c2cc(C)n(C)n2)c1.Cl. The van der Waals surface area contributed by atoms with Crippen molar-refractivity contribution >= 4 is 24.0 Å². The third-order valence-corrected chi connectivity index (χ3v) is 3.11. The van der Waals surface area contributed by atoms with Crippen LogP contribution < -0.4 is 10.6 Å². The zero-order valence-corrected chi connectivity index (χ0v) is 13.3. The average molecular weight is 309 g/mol. The van der Waals surface area contributed by atoms with Crippen LogP contribution in [0.4, 0.5) is 5.69 Å². The number of nitrogens with zero attached hydrogens (tertiary/aromatic N) is 2. The van der Waals surface area contributed by atoms with Crippen LogP contribution >= 0.6 is 12.4 Å². The Hall–Kier alpha value is -1.85. The lowest BCUT2D eigenvalue weighted by Gasteiger charge is -2.06. The van der Waals surface area contributed by atoms with Gasteiger partial charge in [-0.1, -0.05) is 19.1 Å². The molecule has 0 aliphatic carbocycles. The van der Waals surface area contributed by atoms with Crippen LogP contribution in [0, 0.1) is 6.92 Å². The van der Waals surface area contributed by atoms with Gasteiger partial charge in [0.2, 0.25) is 0 Å². The van der Waals surface area contributed by atoms with Crippen molar-refractivity contribution in [2.45, 2.75) is 20.4 Å². The van der Waals surface area contributed by atoms with Gasteiger partial charge in [0.05, 0.1) is 0 Å². The van der Waals surface area contributed by atoms with Gasteiger partial charge in [0.25, 0.3) is 5.91 Å². The second kappa shape index (κ2) is 7.81. The molecular formula is C15H21ClN4O. The van der Waals surface area contributed by atoms with E-state index in [4.69, 9.17) is 0 Å². The van der Waals surface area contributed by atoms with E-state index in [1.54, 1.807) is 10.7 Å². The highest BCUT2D eigenvalue weighted by molar-refractivity contribution is 6.02. The predicted molar refractivity (Wildman–Crippen MR) is 87.0 cm³/mol. The number of nitrogens with one attached hydrogen (secondary N) is 2. The van der Waals surface area contributed by atoms with E-state index in [0.717, 1.165) is 30.0 Å². The number of halogens is 1. The second-order valence-electron chi connectivity index (χ2n) is 4.73. The molecular weight excluding hydrogens is 288 g/mol. The average Bonchev–Trinajstić information content (AvgIpc) is 2.77. The van der Waals surface area contributed by atoms with Crippen LogP contribution in [-0.4, -0.2) is 22.2 Å². The lowest BCUT2D eigenvalue weighted by molar-refractivity contribution is 0.102. The van der Waals surface area contributed by atoms with Crippen molar-refractivity contribution in [2.24, 2.45) is 7.05 Å². The molecule has 0 radical (unpaired) electrons. The van der Waals surface area contributed by atoms with E-state index in [2.05, 4.69) is 22.7 Å². The summed E-state index contributed by atoms with van der Waals surface area (Å²) in [6, 6.07) is 9.59. The maximum absolute atomic E-state index is 12.1. The molecule has 1 aromatic carbocycles. The smallest absolute Gasteiger partial charge is 0.276 e. The van der Waals surface area contributed by atoms with Gasteiger partial charge in [-0.05, 0) is 37.2 Å². The fourth-order valence-corrected chi connectivity index (χ4v) is 1.90. The first kappa shape index (κ1) is 17.2. The van der Waals surface area contributed by atoms with Gasteiger partial charge in [0.15, 0.2) is 5.69 Å². The molecule has 6 heteroatoms. The molecule has 1 heterocycles. The Labute approximate surface area is 131 Å². The Morgan fingerprint density at radius 1 is 1.33 bits per heavy atom. The lowest BCUT2D eigenvalue weighted by Crippen LogP contribution is -2.14. The Morgan fingerprint density at radius 2 is 2.10 bits per heavy atom. The zero-order chi connectivity index (χ0) is 14.5. The number of amides is 1. The summed E-state index contributed by atoms with van der Waals surface area (Å²) in [4.78, 5) is 12.1.